The van der Waals surface area contributed by atoms with Crippen LogP contribution in [0.15, 0.2) is 0 Å². The number of rotatable bonds is 8. The minimum atomic E-state index is -4.71. The zero-order chi connectivity index (χ0) is 11.7. The number of carbonyl (C=O) groups is 1. The van der Waals surface area contributed by atoms with E-state index in [1.54, 1.807) is 0 Å². The Labute approximate surface area is 88.7 Å². The first-order chi connectivity index (χ1) is 6.95. The molecule has 7 heteroatoms. The molecule has 0 radical (unpaired) electrons. The minimum Gasteiger partial charge on any atom is -0.301 e. The molecule has 0 aliphatic heterocycles. The standard InChI is InChI=1S/C8H17O6P/c1-2-3-4-5-6-7-8(9)13-14-15(10,11)12/h2-7H2,1H3,(H2,10,11,12). The molecule has 0 amide bonds. The lowest BCUT2D eigenvalue weighted by atomic mass is 10.1. The van der Waals surface area contributed by atoms with Gasteiger partial charge in [-0.25, -0.2) is 9.36 Å². The lowest BCUT2D eigenvalue weighted by molar-refractivity contribution is -0.222. The van der Waals surface area contributed by atoms with E-state index in [0.717, 1.165) is 25.7 Å². The first kappa shape index (κ1) is 14.6. The Morgan fingerprint density at radius 1 is 1.20 bits per heavy atom. The van der Waals surface area contributed by atoms with Crippen molar-refractivity contribution in [2.24, 2.45) is 0 Å². The highest BCUT2D eigenvalue weighted by molar-refractivity contribution is 7.46. The van der Waals surface area contributed by atoms with Crippen molar-refractivity contribution in [2.75, 3.05) is 0 Å². The van der Waals surface area contributed by atoms with Crippen molar-refractivity contribution < 1.29 is 28.7 Å². The smallest absolute Gasteiger partial charge is 0.301 e. The average Bonchev–Trinajstić information content (AvgIpc) is 2.13. The van der Waals surface area contributed by atoms with Crippen LogP contribution in [-0.4, -0.2) is 15.8 Å². The van der Waals surface area contributed by atoms with Crippen LogP contribution in [-0.2, 0) is 18.9 Å². The Balaban J connectivity index is 3.38. The van der Waals surface area contributed by atoms with Gasteiger partial charge < -0.3 is 9.79 Å². The Morgan fingerprint density at radius 2 is 1.80 bits per heavy atom. The summed E-state index contributed by atoms with van der Waals surface area (Å²) in [4.78, 5) is 31.2. The fourth-order valence-corrected chi connectivity index (χ4v) is 1.18. The molecular formula is C8H17O6P. The molecule has 0 rings (SSSR count). The predicted molar refractivity (Wildman–Crippen MR) is 52.6 cm³/mol. The van der Waals surface area contributed by atoms with Gasteiger partial charge in [-0.15, -0.1) is 0 Å². The summed E-state index contributed by atoms with van der Waals surface area (Å²) in [5.41, 5.74) is 0. The second kappa shape index (κ2) is 7.82. The van der Waals surface area contributed by atoms with E-state index in [9.17, 15) is 9.36 Å². The van der Waals surface area contributed by atoms with Gasteiger partial charge >= 0.3 is 13.8 Å². The van der Waals surface area contributed by atoms with Crippen molar-refractivity contribution in [3.63, 3.8) is 0 Å². The van der Waals surface area contributed by atoms with Crippen molar-refractivity contribution in [2.45, 2.75) is 45.4 Å². The second-order valence-electron chi connectivity index (χ2n) is 3.18. The Bertz CT molecular complexity index is 223. The molecule has 0 aromatic carbocycles. The average molecular weight is 240 g/mol. The minimum absolute atomic E-state index is 0.115. The van der Waals surface area contributed by atoms with Crippen molar-refractivity contribution >= 4 is 13.8 Å². The molecule has 0 aliphatic carbocycles. The molecule has 0 fully saturated rings. The Morgan fingerprint density at radius 3 is 2.33 bits per heavy atom. The van der Waals surface area contributed by atoms with Gasteiger partial charge in [-0.1, -0.05) is 37.3 Å². The van der Waals surface area contributed by atoms with Crippen molar-refractivity contribution in [3.8, 4) is 0 Å². The van der Waals surface area contributed by atoms with Crippen LogP contribution in [0, 0.1) is 0 Å². The highest BCUT2D eigenvalue weighted by atomic mass is 31.2. The number of carbonyl (C=O) groups excluding carboxylic acids is 1. The molecule has 0 aromatic rings. The number of phosphoric acid groups is 1. The summed E-state index contributed by atoms with van der Waals surface area (Å²) in [6, 6.07) is 0. The molecule has 0 heterocycles. The van der Waals surface area contributed by atoms with E-state index < -0.39 is 13.8 Å². The van der Waals surface area contributed by atoms with Gasteiger partial charge in [-0.2, -0.15) is 0 Å². The van der Waals surface area contributed by atoms with Gasteiger partial charge in [0.05, 0.1) is 0 Å². The maximum Gasteiger partial charge on any atom is 0.505 e. The molecule has 0 atom stereocenters. The quantitative estimate of drug-likeness (QED) is 0.291. The monoisotopic (exact) mass is 240 g/mol. The second-order valence-corrected chi connectivity index (χ2v) is 4.31. The van der Waals surface area contributed by atoms with Crippen LogP contribution in [0.4, 0.5) is 0 Å². The van der Waals surface area contributed by atoms with Crippen LogP contribution in [0.1, 0.15) is 45.4 Å². The van der Waals surface area contributed by atoms with Crippen LogP contribution in [0.2, 0.25) is 0 Å². The van der Waals surface area contributed by atoms with Crippen LogP contribution in [0.5, 0.6) is 0 Å². The van der Waals surface area contributed by atoms with Crippen molar-refractivity contribution in [3.05, 3.63) is 0 Å². The van der Waals surface area contributed by atoms with E-state index in [0.29, 0.717) is 6.42 Å². The molecule has 0 saturated carbocycles. The summed E-state index contributed by atoms with van der Waals surface area (Å²) in [6.07, 6.45) is 4.94. The van der Waals surface area contributed by atoms with E-state index in [4.69, 9.17) is 9.79 Å². The summed E-state index contributed by atoms with van der Waals surface area (Å²) in [5, 5.41) is 0. The number of hydrogen-bond donors (Lipinski definition) is 2. The maximum atomic E-state index is 10.8. The van der Waals surface area contributed by atoms with Crippen LogP contribution in [0.25, 0.3) is 0 Å². The predicted octanol–water partition coefficient (Wildman–Crippen LogP) is 1.91. The lowest BCUT2D eigenvalue weighted by Crippen LogP contribution is -2.03. The highest BCUT2D eigenvalue weighted by Crippen LogP contribution is 2.36. The Hall–Kier alpha value is -0.420. The van der Waals surface area contributed by atoms with Gasteiger partial charge in [0, 0.05) is 6.42 Å². The van der Waals surface area contributed by atoms with Gasteiger partial charge in [0.2, 0.25) is 0 Å². The zero-order valence-electron chi connectivity index (χ0n) is 8.72. The van der Waals surface area contributed by atoms with Crippen LogP contribution in [0.3, 0.4) is 0 Å². The molecule has 0 bridgehead atoms. The van der Waals surface area contributed by atoms with E-state index in [-0.39, 0.29) is 6.42 Å². The first-order valence-corrected chi connectivity index (χ1v) is 6.43. The molecule has 6 nitrogen and oxygen atoms in total. The van der Waals surface area contributed by atoms with Crippen LogP contribution < -0.4 is 0 Å². The van der Waals surface area contributed by atoms with Gasteiger partial charge in [0.1, 0.15) is 0 Å². The third-order valence-electron chi connectivity index (χ3n) is 1.71. The topological polar surface area (TPSA) is 93.1 Å². The third kappa shape index (κ3) is 11.5. The zero-order valence-corrected chi connectivity index (χ0v) is 9.61. The molecule has 0 unspecified atom stereocenters. The molecule has 15 heavy (non-hydrogen) atoms. The molecular weight excluding hydrogens is 223 g/mol. The number of unbranched alkanes of at least 4 members (excludes halogenated alkanes) is 4. The Kier molecular flexibility index (Phi) is 7.60. The summed E-state index contributed by atoms with van der Waals surface area (Å²) in [6.45, 7) is 2.09. The summed E-state index contributed by atoms with van der Waals surface area (Å²) in [5.74, 6) is -0.755. The molecule has 0 saturated heterocycles. The summed E-state index contributed by atoms with van der Waals surface area (Å²) in [7, 11) is -4.71. The largest absolute Gasteiger partial charge is 0.505 e. The lowest BCUT2D eigenvalue weighted by Gasteiger charge is -2.03. The first-order valence-electron chi connectivity index (χ1n) is 4.90. The van der Waals surface area contributed by atoms with Crippen molar-refractivity contribution in [1.82, 2.24) is 0 Å². The van der Waals surface area contributed by atoms with E-state index in [1.165, 1.54) is 0 Å². The fourth-order valence-electron chi connectivity index (χ4n) is 1.00. The highest BCUT2D eigenvalue weighted by Gasteiger charge is 2.18. The van der Waals surface area contributed by atoms with Gasteiger partial charge in [-0.3, -0.25) is 4.89 Å². The molecule has 2 N–H and O–H groups in total. The number of hydrogen-bond acceptors (Lipinski definition) is 4. The fraction of sp³-hybridized carbons (Fsp3) is 0.875. The van der Waals surface area contributed by atoms with E-state index >= 15 is 0 Å². The maximum absolute atomic E-state index is 10.8. The molecule has 0 aromatic heterocycles. The van der Waals surface area contributed by atoms with Crippen LogP contribution >= 0.6 is 7.82 Å². The SMILES string of the molecule is CCCCCCCC(=O)OOP(=O)(O)O. The van der Waals surface area contributed by atoms with E-state index in [2.05, 4.69) is 16.5 Å². The molecule has 0 aliphatic rings. The van der Waals surface area contributed by atoms with E-state index in [1.807, 2.05) is 0 Å². The summed E-state index contributed by atoms with van der Waals surface area (Å²) < 4.78 is 13.7. The van der Waals surface area contributed by atoms with Gasteiger partial charge in [0.25, 0.3) is 0 Å². The summed E-state index contributed by atoms with van der Waals surface area (Å²) >= 11 is 0. The third-order valence-corrected chi connectivity index (χ3v) is 1.98. The molecule has 90 valence electrons. The molecule has 0 spiro atoms. The van der Waals surface area contributed by atoms with Gasteiger partial charge in [0.15, 0.2) is 0 Å². The van der Waals surface area contributed by atoms with Crippen molar-refractivity contribution in [1.29, 1.82) is 0 Å². The van der Waals surface area contributed by atoms with Gasteiger partial charge in [-0.05, 0) is 6.42 Å². The normalized spacial score (nSPS) is 11.4.